The first-order valence-electron chi connectivity index (χ1n) is 9.44. The van der Waals surface area contributed by atoms with Gasteiger partial charge in [0, 0.05) is 29.3 Å². The van der Waals surface area contributed by atoms with E-state index in [0.29, 0.717) is 44.9 Å². The number of hydrogen-bond donors (Lipinski definition) is 0. The van der Waals surface area contributed by atoms with E-state index in [1.54, 1.807) is 12.0 Å². The SMILES string of the molecule is COCCOCOc1ccc(I)cc1CN1CC[C@H](N(C=O)OC(C)(C)C)C1=O. The zero-order valence-corrected chi connectivity index (χ0v) is 19.5. The Balaban J connectivity index is 2.03. The minimum atomic E-state index is -0.615. The highest BCUT2D eigenvalue weighted by Gasteiger charge is 2.38. The molecule has 162 valence electrons. The van der Waals surface area contributed by atoms with Crippen LogP contribution in [0.2, 0.25) is 0 Å². The van der Waals surface area contributed by atoms with E-state index >= 15 is 0 Å². The second kappa shape index (κ2) is 11.1. The van der Waals surface area contributed by atoms with Crippen LogP contribution in [0.5, 0.6) is 5.75 Å². The van der Waals surface area contributed by atoms with Gasteiger partial charge in [0.2, 0.25) is 12.3 Å². The summed E-state index contributed by atoms with van der Waals surface area (Å²) in [6.45, 7) is 7.49. The molecule has 1 aromatic carbocycles. The van der Waals surface area contributed by atoms with E-state index in [1.807, 2.05) is 39.0 Å². The van der Waals surface area contributed by atoms with Gasteiger partial charge in [-0.2, -0.15) is 0 Å². The molecule has 0 aromatic heterocycles. The van der Waals surface area contributed by atoms with Crippen LogP contribution in [0.25, 0.3) is 0 Å². The summed E-state index contributed by atoms with van der Waals surface area (Å²) >= 11 is 2.22. The van der Waals surface area contributed by atoms with Gasteiger partial charge in [-0.05, 0) is 68.0 Å². The van der Waals surface area contributed by atoms with Crippen molar-refractivity contribution in [1.82, 2.24) is 9.96 Å². The number of amides is 2. The Hall–Kier alpha value is -1.43. The molecule has 0 bridgehead atoms. The fourth-order valence-corrected chi connectivity index (χ4v) is 3.47. The van der Waals surface area contributed by atoms with Gasteiger partial charge < -0.3 is 19.1 Å². The minimum absolute atomic E-state index is 0.103. The van der Waals surface area contributed by atoms with Crippen LogP contribution in [-0.2, 0) is 30.4 Å². The van der Waals surface area contributed by atoms with Crippen molar-refractivity contribution >= 4 is 34.9 Å². The highest BCUT2D eigenvalue weighted by Crippen LogP contribution is 2.27. The summed E-state index contributed by atoms with van der Waals surface area (Å²) in [7, 11) is 1.61. The van der Waals surface area contributed by atoms with Gasteiger partial charge >= 0.3 is 0 Å². The maximum absolute atomic E-state index is 12.9. The fraction of sp³-hybridized carbons (Fsp3) is 0.600. The summed E-state index contributed by atoms with van der Waals surface area (Å²) in [6.07, 6.45) is 1.10. The molecule has 8 nitrogen and oxygen atoms in total. The number of nitrogens with zero attached hydrogens (tertiary/aromatic N) is 2. The van der Waals surface area contributed by atoms with Crippen molar-refractivity contribution in [3.05, 3.63) is 27.3 Å². The van der Waals surface area contributed by atoms with Crippen LogP contribution in [0, 0.1) is 3.57 Å². The molecule has 1 aliphatic heterocycles. The number of rotatable bonds is 11. The standard InChI is InChI=1S/C20H29IN2O6/c1-20(2,3)29-23(13-24)17-7-8-22(19(17)25)12-15-11-16(21)5-6-18(15)28-14-27-10-9-26-4/h5-6,11,13,17H,7-10,12,14H2,1-4H3/t17-/m0/s1. The summed E-state index contributed by atoms with van der Waals surface area (Å²) < 4.78 is 17.1. The number of benzene rings is 1. The first-order chi connectivity index (χ1) is 13.7. The minimum Gasteiger partial charge on any atom is -0.467 e. The monoisotopic (exact) mass is 520 g/mol. The molecule has 9 heteroatoms. The van der Waals surface area contributed by atoms with Crippen LogP contribution < -0.4 is 4.74 Å². The lowest BCUT2D eigenvalue weighted by Crippen LogP contribution is -2.44. The largest absolute Gasteiger partial charge is 0.467 e. The normalized spacial score (nSPS) is 16.9. The Morgan fingerprint density at radius 1 is 1.31 bits per heavy atom. The lowest BCUT2D eigenvalue weighted by molar-refractivity contribution is -0.230. The molecule has 2 rings (SSSR count). The van der Waals surface area contributed by atoms with Crippen molar-refractivity contribution in [2.75, 3.05) is 33.7 Å². The van der Waals surface area contributed by atoms with Gasteiger partial charge in [-0.3, -0.25) is 14.4 Å². The maximum Gasteiger partial charge on any atom is 0.248 e. The lowest BCUT2D eigenvalue weighted by atomic mass is 10.2. The van der Waals surface area contributed by atoms with Crippen molar-refractivity contribution in [1.29, 1.82) is 0 Å². The van der Waals surface area contributed by atoms with Gasteiger partial charge in [0.15, 0.2) is 6.79 Å². The maximum atomic E-state index is 12.9. The second-order valence-corrected chi connectivity index (χ2v) is 8.89. The van der Waals surface area contributed by atoms with Gasteiger partial charge in [0.25, 0.3) is 0 Å². The number of carbonyl (C=O) groups is 2. The molecule has 0 N–H and O–H groups in total. The van der Waals surface area contributed by atoms with E-state index in [0.717, 1.165) is 14.2 Å². The van der Waals surface area contributed by atoms with Crippen LogP contribution in [0.1, 0.15) is 32.8 Å². The van der Waals surface area contributed by atoms with E-state index in [-0.39, 0.29) is 12.7 Å². The van der Waals surface area contributed by atoms with Crippen molar-refractivity contribution < 1.29 is 28.6 Å². The first-order valence-corrected chi connectivity index (χ1v) is 10.5. The predicted octanol–water partition coefficient (Wildman–Crippen LogP) is 2.58. The van der Waals surface area contributed by atoms with Crippen LogP contribution in [0.15, 0.2) is 18.2 Å². The Morgan fingerprint density at radius 2 is 2.07 bits per heavy atom. The summed E-state index contributed by atoms with van der Waals surface area (Å²) in [6, 6.07) is 5.18. The number of halogens is 1. The Kier molecular flexibility index (Phi) is 9.12. The average Bonchev–Trinajstić information content (AvgIpc) is 3.01. The molecular formula is C20H29IN2O6. The summed E-state index contributed by atoms with van der Waals surface area (Å²) in [5, 5.41) is 1.14. The fourth-order valence-electron chi connectivity index (χ4n) is 2.91. The third-order valence-electron chi connectivity index (χ3n) is 4.17. The quantitative estimate of drug-likeness (QED) is 0.147. The summed E-state index contributed by atoms with van der Waals surface area (Å²) in [4.78, 5) is 31.7. The molecule has 0 unspecified atom stereocenters. The van der Waals surface area contributed by atoms with E-state index in [1.165, 1.54) is 0 Å². The highest BCUT2D eigenvalue weighted by atomic mass is 127. The van der Waals surface area contributed by atoms with E-state index < -0.39 is 11.6 Å². The Bertz CT molecular complexity index is 694. The molecule has 0 aliphatic carbocycles. The second-order valence-electron chi connectivity index (χ2n) is 7.65. The third kappa shape index (κ3) is 7.40. The molecule has 0 spiro atoms. The molecule has 1 aromatic rings. The van der Waals surface area contributed by atoms with Gasteiger partial charge in [-0.1, -0.05) is 0 Å². The van der Waals surface area contributed by atoms with Crippen molar-refractivity contribution in [2.45, 2.75) is 45.4 Å². The van der Waals surface area contributed by atoms with E-state index in [2.05, 4.69) is 22.6 Å². The van der Waals surface area contributed by atoms with Crippen molar-refractivity contribution in [3.63, 3.8) is 0 Å². The van der Waals surface area contributed by atoms with E-state index in [9.17, 15) is 9.59 Å². The molecule has 0 saturated carbocycles. The number of ether oxygens (including phenoxy) is 3. The Labute approximate surface area is 185 Å². The number of carbonyl (C=O) groups excluding carboxylic acids is 2. The molecule has 1 aliphatic rings. The van der Waals surface area contributed by atoms with Crippen molar-refractivity contribution in [2.24, 2.45) is 0 Å². The number of methoxy groups -OCH3 is 1. The molecule has 1 heterocycles. The molecule has 1 saturated heterocycles. The molecule has 1 atom stereocenters. The number of hydroxylamine groups is 2. The van der Waals surface area contributed by atoms with Crippen LogP contribution >= 0.6 is 22.6 Å². The molecule has 0 radical (unpaired) electrons. The van der Waals surface area contributed by atoms with E-state index in [4.69, 9.17) is 19.0 Å². The molecular weight excluding hydrogens is 491 g/mol. The van der Waals surface area contributed by atoms with Gasteiger partial charge in [0.1, 0.15) is 11.8 Å². The van der Waals surface area contributed by atoms with Crippen molar-refractivity contribution in [3.8, 4) is 5.75 Å². The molecule has 29 heavy (non-hydrogen) atoms. The van der Waals surface area contributed by atoms with Crippen LogP contribution in [0.4, 0.5) is 0 Å². The smallest absolute Gasteiger partial charge is 0.248 e. The molecule has 2 amide bonds. The number of hydrogen-bond acceptors (Lipinski definition) is 6. The third-order valence-corrected chi connectivity index (χ3v) is 4.84. The van der Waals surface area contributed by atoms with Gasteiger partial charge in [-0.25, -0.2) is 5.06 Å². The summed E-state index contributed by atoms with van der Waals surface area (Å²) in [5.74, 6) is 0.528. The van der Waals surface area contributed by atoms with Gasteiger partial charge in [0.05, 0.1) is 18.8 Å². The zero-order valence-electron chi connectivity index (χ0n) is 17.4. The zero-order chi connectivity index (χ0) is 21.4. The van der Waals surface area contributed by atoms with Crippen LogP contribution in [0.3, 0.4) is 0 Å². The topological polar surface area (TPSA) is 77.5 Å². The van der Waals surface area contributed by atoms with Crippen LogP contribution in [-0.4, -0.2) is 67.6 Å². The lowest BCUT2D eigenvalue weighted by Gasteiger charge is -2.30. The first kappa shape index (κ1) is 23.8. The highest BCUT2D eigenvalue weighted by molar-refractivity contribution is 14.1. The molecule has 1 fully saturated rings. The predicted molar refractivity (Wildman–Crippen MR) is 115 cm³/mol. The van der Waals surface area contributed by atoms with Gasteiger partial charge in [-0.15, -0.1) is 0 Å². The average molecular weight is 520 g/mol. The number of likely N-dealkylation sites (tertiary alicyclic amines) is 1. The Morgan fingerprint density at radius 3 is 2.72 bits per heavy atom. The summed E-state index contributed by atoms with van der Waals surface area (Å²) in [5.41, 5.74) is 0.323.